The Kier molecular flexibility index (Phi) is 4.60. The van der Waals surface area contributed by atoms with Crippen molar-refractivity contribution in [3.05, 3.63) is 35.6 Å². The molecule has 0 saturated heterocycles. The number of benzene rings is 1. The largest absolute Gasteiger partial charge is 0.328 e. The highest BCUT2D eigenvalue weighted by molar-refractivity contribution is 5.15. The van der Waals surface area contributed by atoms with E-state index in [1.165, 1.54) is 17.7 Å². The minimum atomic E-state index is -0.168. The lowest BCUT2D eigenvalue weighted by Crippen LogP contribution is -2.18. The number of halogens is 1. The van der Waals surface area contributed by atoms with Crippen molar-refractivity contribution in [3.63, 3.8) is 0 Å². The van der Waals surface area contributed by atoms with E-state index >= 15 is 0 Å². The standard InChI is InChI=1S/C12H18FN/c1-2-12(14)5-3-4-10-6-8-11(13)9-7-10/h6-9,12H,2-5,14H2,1H3. The van der Waals surface area contributed by atoms with Crippen LogP contribution in [0.2, 0.25) is 0 Å². The molecule has 0 spiro atoms. The molecule has 1 aromatic carbocycles. The van der Waals surface area contributed by atoms with E-state index in [4.69, 9.17) is 5.73 Å². The summed E-state index contributed by atoms with van der Waals surface area (Å²) in [5.74, 6) is -0.168. The molecule has 1 unspecified atom stereocenters. The number of hydrogen-bond acceptors (Lipinski definition) is 1. The molecule has 0 aliphatic rings. The highest BCUT2D eigenvalue weighted by Gasteiger charge is 1.99. The Hall–Kier alpha value is -0.890. The molecule has 0 fully saturated rings. The average molecular weight is 195 g/mol. The van der Waals surface area contributed by atoms with Crippen molar-refractivity contribution >= 4 is 0 Å². The Morgan fingerprint density at radius 2 is 1.93 bits per heavy atom. The van der Waals surface area contributed by atoms with E-state index in [2.05, 4.69) is 6.92 Å². The summed E-state index contributed by atoms with van der Waals surface area (Å²) in [4.78, 5) is 0. The minimum absolute atomic E-state index is 0.168. The van der Waals surface area contributed by atoms with Gasteiger partial charge in [-0.15, -0.1) is 0 Å². The monoisotopic (exact) mass is 195 g/mol. The summed E-state index contributed by atoms with van der Waals surface area (Å²) < 4.78 is 12.6. The minimum Gasteiger partial charge on any atom is -0.328 e. The molecule has 0 aromatic heterocycles. The van der Waals surface area contributed by atoms with E-state index in [0.29, 0.717) is 6.04 Å². The first kappa shape index (κ1) is 11.2. The lowest BCUT2D eigenvalue weighted by Gasteiger charge is -2.07. The zero-order valence-corrected chi connectivity index (χ0v) is 8.67. The second kappa shape index (κ2) is 5.76. The van der Waals surface area contributed by atoms with E-state index in [1.54, 1.807) is 0 Å². The Balaban J connectivity index is 2.28. The van der Waals surface area contributed by atoms with Crippen molar-refractivity contribution in [2.75, 3.05) is 0 Å². The molecule has 1 rings (SSSR count). The molecule has 0 saturated carbocycles. The summed E-state index contributed by atoms with van der Waals surface area (Å²) in [6.45, 7) is 2.10. The van der Waals surface area contributed by atoms with Crippen LogP contribution in [-0.2, 0) is 6.42 Å². The smallest absolute Gasteiger partial charge is 0.123 e. The van der Waals surface area contributed by atoms with Gasteiger partial charge in [0.2, 0.25) is 0 Å². The molecule has 1 aromatic rings. The van der Waals surface area contributed by atoms with Crippen LogP contribution in [0.25, 0.3) is 0 Å². The Bertz CT molecular complexity index is 256. The van der Waals surface area contributed by atoms with Crippen LogP contribution in [0, 0.1) is 5.82 Å². The maximum Gasteiger partial charge on any atom is 0.123 e. The molecule has 2 N–H and O–H groups in total. The molecule has 14 heavy (non-hydrogen) atoms. The Labute approximate surface area is 85.1 Å². The highest BCUT2D eigenvalue weighted by atomic mass is 19.1. The van der Waals surface area contributed by atoms with Gasteiger partial charge in [-0.2, -0.15) is 0 Å². The van der Waals surface area contributed by atoms with Crippen LogP contribution >= 0.6 is 0 Å². The second-order valence-corrected chi connectivity index (χ2v) is 3.69. The molecule has 0 amide bonds. The van der Waals surface area contributed by atoms with Crippen LogP contribution in [0.4, 0.5) is 4.39 Å². The van der Waals surface area contributed by atoms with Gasteiger partial charge in [-0.25, -0.2) is 4.39 Å². The summed E-state index contributed by atoms with van der Waals surface area (Å²) in [6, 6.07) is 7.01. The van der Waals surface area contributed by atoms with Crippen molar-refractivity contribution in [1.29, 1.82) is 0 Å². The zero-order valence-electron chi connectivity index (χ0n) is 8.67. The van der Waals surface area contributed by atoms with Gasteiger partial charge in [0.15, 0.2) is 0 Å². The molecule has 2 heteroatoms. The van der Waals surface area contributed by atoms with Gasteiger partial charge >= 0.3 is 0 Å². The van der Waals surface area contributed by atoms with E-state index < -0.39 is 0 Å². The van der Waals surface area contributed by atoms with Crippen LogP contribution in [0.15, 0.2) is 24.3 Å². The fourth-order valence-corrected chi connectivity index (χ4v) is 1.42. The highest BCUT2D eigenvalue weighted by Crippen LogP contribution is 2.08. The average Bonchev–Trinajstić information content (AvgIpc) is 2.21. The molecule has 0 radical (unpaired) electrons. The van der Waals surface area contributed by atoms with Crippen molar-refractivity contribution in [1.82, 2.24) is 0 Å². The van der Waals surface area contributed by atoms with Gasteiger partial charge in [0.25, 0.3) is 0 Å². The summed E-state index contributed by atoms with van der Waals surface area (Å²) in [6.07, 6.45) is 4.16. The Morgan fingerprint density at radius 1 is 1.29 bits per heavy atom. The van der Waals surface area contributed by atoms with Crippen molar-refractivity contribution < 1.29 is 4.39 Å². The van der Waals surface area contributed by atoms with Crippen LogP contribution in [0.5, 0.6) is 0 Å². The number of hydrogen-bond donors (Lipinski definition) is 1. The molecule has 0 aliphatic carbocycles. The third-order valence-electron chi connectivity index (χ3n) is 2.48. The van der Waals surface area contributed by atoms with Crippen LogP contribution in [0.1, 0.15) is 31.7 Å². The topological polar surface area (TPSA) is 26.0 Å². The molecule has 0 bridgehead atoms. The van der Waals surface area contributed by atoms with Gasteiger partial charge in [-0.1, -0.05) is 19.1 Å². The summed E-state index contributed by atoms with van der Waals surface area (Å²) in [7, 11) is 0. The van der Waals surface area contributed by atoms with Gasteiger partial charge in [-0.05, 0) is 43.4 Å². The molecule has 0 heterocycles. The first-order valence-electron chi connectivity index (χ1n) is 5.22. The molecule has 0 aliphatic heterocycles. The predicted octanol–water partition coefficient (Wildman–Crippen LogP) is 2.89. The normalized spacial score (nSPS) is 12.8. The number of rotatable bonds is 5. The van der Waals surface area contributed by atoms with Gasteiger partial charge < -0.3 is 5.73 Å². The summed E-state index contributed by atoms with van der Waals surface area (Å²) in [5, 5.41) is 0. The van der Waals surface area contributed by atoms with E-state index in [0.717, 1.165) is 25.7 Å². The first-order chi connectivity index (χ1) is 6.72. The van der Waals surface area contributed by atoms with Gasteiger partial charge in [0.1, 0.15) is 5.82 Å². The lowest BCUT2D eigenvalue weighted by molar-refractivity contribution is 0.567. The molecule has 1 atom stereocenters. The molecular formula is C12H18FN. The first-order valence-corrected chi connectivity index (χ1v) is 5.22. The zero-order chi connectivity index (χ0) is 10.4. The van der Waals surface area contributed by atoms with Crippen molar-refractivity contribution in [2.45, 2.75) is 38.6 Å². The third kappa shape index (κ3) is 3.88. The van der Waals surface area contributed by atoms with Crippen molar-refractivity contribution in [2.24, 2.45) is 5.73 Å². The lowest BCUT2D eigenvalue weighted by atomic mass is 10.0. The fraction of sp³-hybridized carbons (Fsp3) is 0.500. The number of nitrogens with two attached hydrogens (primary N) is 1. The van der Waals surface area contributed by atoms with Crippen LogP contribution in [-0.4, -0.2) is 6.04 Å². The van der Waals surface area contributed by atoms with E-state index in [-0.39, 0.29) is 5.82 Å². The quantitative estimate of drug-likeness (QED) is 0.768. The molecule has 78 valence electrons. The van der Waals surface area contributed by atoms with Crippen LogP contribution in [0.3, 0.4) is 0 Å². The summed E-state index contributed by atoms with van der Waals surface area (Å²) in [5.41, 5.74) is 6.99. The predicted molar refractivity (Wildman–Crippen MR) is 57.6 cm³/mol. The van der Waals surface area contributed by atoms with Crippen LogP contribution < -0.4 is 5.73 Å². The van der Waals surface area contributed by atoms with E-state index in [9.17, 15) is 4.39 Å². The SMILES string of the molecule is CCC(N)CCCc1ccc(F)cc1. The van der Waals surface area contributed by atoms with Crippen molar-refractivity contribution in [3.8, 4) is 0 Å². The second-order valence-electron chi connectivity index (χ2n) is 3.69. The fourth-order valence-electron chi connectivity index (χ4n) is 1.42. The van der Waals surface area contributed by atoms with Gasteiger partial charge in [0.05, 0.1) is 0 Å². The maximum absolute atomic E-state index is 12.6. The van der Waals surface area contributed by atoms with Gasteiger partial charge in [-0.3, -0.25) is 0 Å². The molecule has 1 nitrogen and oxygen atoms in total. The van der Waals surface area contributed by atoms with Gasteiger partial charge in [0, 0.05) is 6.04 Å². The summed E-state index contributed by atoms with van der Waals surface area (Å²) >= 11 is 0. The van der Waals surface area contributed by atoms with E-state index in [1.807, 2.05) is 12.1 Å². The number of aryl methyl sites for hydroxylation is 1. The third-order valence-corrected chi connectivity index (χ3v) is 2.48. The maximum atomic E-state index is 12.6. The Morgan fingerprint density at radius 3 is 2.50 bits per heavy atom. The molecular weight excluding hydrogens is 177 g/mol.